The molecule has 0 bridgehead atoms. The van der Waals surface area contributed by atoms with Gasteiger partial charge in [0.15, 0.2) is 0 Å². The Morgan fingerprint density at radius 1 is 0.500 bits per heavy atom. The minimum absolute atomic E-state index is 0.156. The van der Waals surface area contributed by atoms with Gasteiger partial charge in [-0.1, -0.05) is 137 Å². The fourth-order valence-electron chi connectivity index (χ4n) is 6.41. The highest BCUT2D eigenvalue weighted by Crippen LogP contribution is 2.53. The normalized spacial score (nSPS) is 15.3. The first kappa shape index (κ1) is 24.1. The molecule has 1 atom stereocenters. The van der Waals surface area contributed by atoms with Crippen LogP contribution in [0.1, 0.15) is 55.6 Å². The van der Waals surface area contributed by atoms with E-state index in [0.29, 0.717) is 0 Å². The van der Waals surface area contributed by atoms with Gasteiger partial charge < -0.3 is 0 Å². The molecule has 0 heterocycles. The molecule has 180 valence electrons. The molecule has 0 spiro atoms. The third-order valence-electron chi connectivity index (χ3n) is 7.52. The van der Waals surface area contributed by atoms with Crippen molar-refractivity contribution in [2.24, 2.45) is 5.92 Å². The predicted octanol–water partition coefficient (Wildman–Crippen LogP) is 9.14. The number of aryl methyl sites for hydroxylation is 6. The van der Waals surface area contributed by atoms with Crippen LogP contribution >= 0.6 is 0 Å². The van der Waals surface area contributed by atoms with Crippen molar-refractivity contribution in [3.8, 4) is 0 Å². The molecule has 0 saturated carbocycles. The number of rotatable bonds is 5. The van der Waals surface area contributed by atoms with Gasteiger partial charge >= 0.3 is 0 Å². The summed E-state index contributed by atoms with van der Waals surface area (Å²) in [5.41, 5.74) is 14.2. The van der Waals surface area contributed by atoms with Crippen molar-refractivity contribution >= 4 is 5.57 Å². The summed E-state index contributed by atoms with van der Waals surface area (Å²) in [7, 11) is 0. The number of hydrogen-bond acceptors (Lipinski definition) is 0. The Balaban J connectivity index is 1.94. The molecule has 1 aliphatic carbocycles. The van der Waals surface area contributed by atoms with Crippen molar-refractivity contribution < 1.29 is 0 Å². The van der Waals surface area contributed by atoms with Crippen LogP contribution in [0.25, 0.3) is 5.57 Å². The molecule has 0 nitrogen and oxygen atoms in total. The van der Waals surface area contributed by atoms with E-state index in [1.165, 1.54) is 61.2 Å². The van der Waals surface area contributed by atoms with E-state index < -0.39 is 0 Å². The Kier molecular flexibility index (Phi) is 6.31. The van der Waals surface area contributed by atoms with Gasteiger partial charge in [-0.3, -0.25) is 0 Å². The third-order valence-corrected chi connectivity index (χ3v) is 7.52. The van der Waals surface area contributed by atoms with Gasteiger partial charge in [-0.2, -0.15) is 0 Å². The largest absolute Gasteiger partial charge is 0.0754 e. The Hall–Kier alpha value is -3.64. The molecule has 0 radical (unpaired) electrons. The van der Waals surface area contributed by atoms with E-state index in [0.717, 1.165) is 0 Å². The van der Waals surface area contributed by atoms with Crippen LogP contribution in [0.2, 0.25) is 0 Å². The molecule has 0 fully saturated rings. The maximum Gasteiger partial charge on any atom is 0.0555 e. The maximum atomic E-state index is 2.43. The molecule has 4 aromatic rings. The highest BCUT2D eigenvalue weighted by atomic mass is 14.5. The smallest absolute Gasteiger partial charge is 0.0555 e. The van der Waals surface area contributed by atoms with E-state index in [1.54, 1.807) is 0 Å². The predicted molar refractivity (Wildman–Crippen MR) is 155 cm³/mol. The van der Waals surface area contributed by atoms with Crippen LogP contribution in [0.15, 0.2) is 103 Å². The third kappa shape index (κ3) is 4.26. The molecule has 36 heavy (non-hydrogen) atoms. The lowest BCUT2D eigenvalue weighted by atomic mass is 9.59. The van der Waals surface area contributed by atoms with Crippen LogP contribution in [-0.4, -0.2) is 0 Å². The van der Waals surface area contributed by atoms with Gasteiger partial charge in [0.25, 0.3) is 0 Å². The second-order valence-corrected chi connectivity index (χ2v) is 10.8. The minimum Gasteiger partial charge on any atom is -0.0754 e. The molecule has 0 N–H and O–H groups in total. The van der Waals surface area contributed by atoms with Crippen LogP contribution in [0.5, 0.6) is 0 Å². The summed E-state index contributed by atoms with van der Waals surface area (Å²) in [5, 5.41) is 0. The quantitative estimate of drug-likeness (QED) is 0.256. The number of allylic oxidation sites excluding steroid dienone is 4. The van der Waals surface area contributed by atoms with Crippen LogP contribution < -0.4 is 0 Å². The van der Waals surface area contributed by atoms with Gasteiger partial charge in [0, 0.05) is 5.92 Å². The first-order valence-corrected chi connectivity index (χ1v) is 13.0. The SMILES string of the molecule is Cc1cc(C)cc(C(c2cc(C)cc(C)c2)(c2cc(C)cc(C)c2)C2C=CC=C2c2ccccc2)c1. The summed E-state index contributed by atoms with van der Waals surface area (Å²) >= 11 is 0. The van der Waals surface area contributed by atoms with Crippen molar-refractivity contribution in [3.05, 3.63) is 159 Å². The topological polar surface area (TPSA) is 0 Å². The van der Waals surface area contributed by atoms with Gasteiger partial charge in [-0.05, 0) is 69.4 Å². The summed E-state index contributed by atoms with van der Waals surface area (Å²) in [6.07, 6.45) is 7.01. The second kappa shape index (κ2) is 9.43. The Bertz CT molecular complexity index is 1290. The van der Waals surface area contributed by atoms with E-state index in [2.05, 4.69) is 145 Å². The molecule has 1 unspecified atom stereocenters. The van der Waals surface area contributed by atoms with Gasteiger partial charge in [-0.15, -0.1) is 0 Å². The Morgan fingerprint density at radius 2 is 0.889 bits per heavy atom. The van der Waals surface area contributed by atoms with Crippen LogP contribution in [-0.2, 0) is 5.41 Å². The van der Waals surface area contributed by atoms with Crippen molar-refractivity contribution in [1.29, 1.82) is 0 Å². The van der Waals surface area contributed by atoms with Crippen molar-refractivity contribution in [1.82, 2.24) is 0 Å². The number of hydrogen-bond donors (Lipinski definition) is 0. The van der Waals surface area contributed by atoms with E-state index in [4.69, 9.17) is 0 Å². The van der Waals surface area contributed by atoms with E-state index >= 15 is 0 Å². The highest BCUT2D eigenvalue weighted by molar-refractivity contribution is 5.78. The van der Waals surface area contributed by atoms with Gasteiger partial charge in [0.2, 0.25) is 0 Å². The summed E-state index contributed by atoms with van der Waals surface area (Å²) in [6.45, 7) is 13.3. The van der Waals surface area contributed by atoms with Gasteiger partial charge in [0.05, 0.1) is 5.41 Å². The van der Waals surface area contributed by atoms with E-state index in [-0.39, 0.29) is 11.3 Å². The molecule has 0 amide bonds. The molecule has 1 aliphatic rings. The Morgan fingerprint density at radius 3 is 1.28 bits per heavy atom. The molecular formula is C36H36. The minimum atomic E-state index is -0.376. The van der Waals surface area contributed by atoms with E-state index in [9.17, 15) is 0 Å². The molecule has 0 saturated heterocycles. The Labute approximate surface area is 217 Å². The summed E-state index contributed by atoms with van der Waals surface area (Å²) in [6, 6.07) is 32.3. The van der Waals surface area contributed by atoms with Crippen molar-refractivity contribution in [2.45, 2.75) is 47.0 Å². The van der Waals surface area contributed by atoms with Crippen LogP contribution in [0, 0.1) is 47.5 Å². The zero-order valence-electron chi connectivity index (χ0n) is 22.4. The standard InChI is InChI=1S/C36H36/c1-24-15-25(2)19-31(18-24)36(32-20-26(3)16-27(4)21-32,33-22-28(5)17-29(6)23-33)35-14-10-13-34(35)30-11-8-7-9-12-30/h7-23,35H,1-6H3. The lowest BCUT2D eigenvalue weighted by Crippen LogP contribution is -2.38. The molecule has 0 aromatic heterocycles. The fraction of sp³-hybridized carbons (Fsp3) is 0.222. The summed E-state index contributed by atoms with van der Waals surface area (Å²) < 4.78 is 0. The summed E-state index contributed by atoms with van der Waals surface area (Å²) in [5.74, 6) is 0.156. The molecule has 0 aliphatic heterocycles. The average molecular weight is 469 g/mol. The summed E-state index contributed by atoms with van der Waals surface area (Å²) in [4.78, 5) is 0. The second-order valence-electron chi connectivity index (χ2n) is 10.8. The van der Waals surface area contributed by atoms with Crippen molar-refractivity contribution in [2.75, 3.05) is 0 Å². The first-order chi connectivity index (χ1) is 17.3. The zero-order chi connectivity index (χ0) is 25.4. The average Bonchev–Trinajstić information content (AvgIpc) is 3.28. The zero-order valence-corrected chi connectivity index (χ0v) is 22.4. The highest BCUT2D eigenvalue weighted by Gasteiger charge is 2.46. The molecule has 0 heteroatoms. The molecular weight excluding hydrogens is 432 g/mol. The van der Waals surface area contributed by atoms with Gasteiger partial charge in [0.1, 0.15) is 0 Å². The van der Waals surface area contributed by atoms with E-state index in [1.807, 2.05) is 0 Å². The van der Waals surface area contributed by atoms with Gasteiger partial charge in [-0.25, -0.2) is 0 Å². The fourth-order valence-corrected chi connectivity index (χ4v) is 6.41. The molecule has 5 rings (SSSR count). The number of benzene rings is 4. The lowest BCUT2D eigenvalue weighted by Gasteiger charge is -2.43. The van der Waals surface area contributed by atoms with Crippen LogP contribution in [0.4, 0.5) is 0 Å². The van der Waals surface area contributed by atoms with Crippen LogP contribution in [0.3, 0.4) is 0 Å². The monoisotopic (exact) mass is 468 g/mol. The molecule has 4 aromatic carbocycles. The first-order valence-electron chi connectivity index (χ1n) is 13.0. The maximum absolute atomic E-state index is 2.43. The lowest BCUT2D eigenvalue weighted by molar-refractivity contribution is 0.537. The van der Waals surface area contributed by atoms with Crippen molar-refractivity contribution in [3.63, 3.8) is 0 Å².